The molecule has 4 aromatic carbocycles. The number of methoxy groups -OCH3 is 2. The predicted octanol–water partition coefficient (Wildman–Crippen LogP) is 5.83. The molecule has 0 saturated carbocycles. The van der Waals surface area contributed by atoms with E-state index in [1.54, 1.807) is 98.1 Å². The Bertz CT molecular complexity index is 1620. The van der Waals surface area contributed by atoms with Gasteiger partial charge in [0, 0.05) is 16.7 Å². The standard InChI is InChI=1S/C30H28ClN3O5S/c1-21-8-16-26(17-9-21)40(36,37)34(20-22-10-13-24(31)14-11-22)28-7-5-4-6-27(28)30(35)33-32-19-23-12-15-25(38-2)18-29(23)39-3/h4-19H,20H2,1-3H3,(H,33,35)/b32-19-. The molecular formula is C30H28ClN3O5S. The fourth-order valence-corrected chi connectivity index (χ4v) is 5.52. The van der Waals surface area contributed by atoms with Gasteiger partial charge in [0.05, 0.1) is 43.1 Å². The highest BCUT2D eigenvalue weighted by atomic mass is 35.5. The highest BCUT2D eigenvalue weighted by Crippen LogP contribution is 2.30. The number of carbonyl (C=O) groups is 1. The van der Waals surface area contributed by atoms with E-state index < -0.39 is 15.9 Å². The van der Waals surface area contributed by atoms with Crippen LogP contribution in [0.1, 0.15) is 27.0 Å². The van der Waals surface area contributed by atoms with Crippen LogP contribution in [-0.4, -0.2) is 34.8 Å². The predicted molar refractivity (Wildman–Crippen MR) is 157 cm³/mol. The van der Waals surface area contributed by atoms with Gasteiger partial charge in [-0.05, 0) is 61.0 Å². The Morgan fingerprint density at radius 3 is 2.33 bits per heavy atom. The summed E-state index contributed by atoms with van der Waals surface area (Å²) in [5.74, 6) is 0.540. The van der Waals surface area contributed by atoms with E-state index in [9.17, 15) is 13.2 Å². The number of nitrogens with zero attached hydrogens (tertiary/aromatic N) is 2. The quantitative estimate of drug-likeness (QED) is 0.189. The zero-order chi connectivity index (χ0) is 28.7. The van der Waals surface area contributed by atoms with E-state index in [1.165, 1.54) is 17.6 Å². The minimum atomic E-state index is -4.06. The summed E-state index contributed by atoms with van der Waals surface area (Å²) in [6.07, 6.45) is 1.44. The van der Waals surface area contributed by atoms with Crippen LogP contribution in [0.5, 0.6) is 11.5 Å². The van der Waals surface area contributed by atoms with Crippen molar-refractivity contribution in [1.29, 1.82) is 0 Å². The van der Waals surface area contributed by atoms with Crippen molar-refractivity contribution < 1.29 is 22.7 Å². The Balaban J connectivity index is 1.69. The highest BCUT2D eigenvalue weighted by Gasteiger charge is 2.28. The molecule has 0 saturated heterocycles. The van der Waals surface area contributed by atoms with Gasteiger partial charge in [-0.15, -0.1) is 0 Å². The number of halogens is 1. The van der Waals surface area contributed by atoms with Gasteiger partial charge in [-0.2, -0.15) is 5.10 Å². The largest absolute Gasteiger partial charge is 0.497 e. The third-order valence-electron chi connectivity index (χ3n) is 6.08. The molecule has 0 aliphatic heterocycles. The van der Waals surface area contributed by atoms with Crippen molar-refractivity contribution in [3.63, 3.8) is 0 Å². The zero-order valence-electron chi connectivity index (χ0n) is 22.2. The van der Waals surface area contributed by atoms with Crippen molar-refractivity contribution in [2.24, 2.45) is 5.10 Å². The summed E-state index contributed by atoms with van der Waals surface area (Å²) in [4.78, 5) is 13.4. The van der Waals surface area contributed by atoms with Crippen LogP contribution in [0, 0.1) is 6.92 Å². The molecule has 0 bridgehead atoms. The number of hydrazone groups is 1. The summed E-state index contributed by atoms with van der Waals surface area (Å²) in [5, 5.41) is 4.61. The maximum absolute atomic E-state index is 13.9. The van der Waals surface area contributed by atoms with Crippen LogP contribution in [0.15, 0.2) is 101 Å². The molecular weight excluding hydrogens is 550 g/mol. The minimum absolute atomic E-state index is 0.0238. The van der Waals surface area contributed by atoms with E-state index in [0.717, 1.165) is 5.56 Å². The number of carbonyl (C=O) groups excluding carboxylic acids is 1. The van der Waals surface area contributed by atoms with Crippen LogP contribution < -0.4 is 19.2 Å². The molecule has 8 nitrogen and oxygen atoms in total. The molecule has 0 unspecified atom stereocenters. The highest BCUT2D eigenvalue weighted by molar-refractivity contribution is 7.92. The number of para-hydroxylation sites is 1. The molecule has 10 heteroatoms. The molecule has 0 aliphatic carbocycles. The number of amides is 1. The van der Waals surface area contributed by atoms with Crippen LogP contribution in [-0.2, 0) is 16.6 Å². The molecule has 0 aliphatic rings. The average Bonchev–Trinajstić information content (AvgIpc) is 2.97. The van der Waals surface area contributed by atoms with Crippen LogP contribution in [0.4, 0.5) is 5.69 Å². The van der Waals surface area contributed by atoms with Crippen LogP contribution in [0.25, 0.3) is 0 Å². The Morgan fingerprint density at radius 2 is 1.65 bits per heavy atom. The first-order valence-electron chi connectivity index (χ1n) is 12.2. The first kappa shape index (κ1) is 28.7. The number of hydrogen-bond donors (Lipinski definition) is 1. The van der Waals surface area contributed by atoms with E-state index >= 15 is 0 Å². The fourth-order valence-electron chi connectivity index (χ4n) is 3.92. The molecule has 0 fully saturated rings. The SMILES string of the molecule is COc1ccc(/C=N\NC(=O)c2ccccc2N(Cc2ccc(Cl)cc2)S(=O)(=O)c2ccc(C)cc2)c(OC)c1. The lowest BCUT2D eigenvalue weighted by molar-refractivity contribution is 0.0955. The van der Waals surface area contributed by atoms with Crippen molar-refractivity contribution >= 4 is 39.4 Å². The minimum Gasteiger partial charge on any atom is -0.497 e. The molecule has 0 heterocycles. The summed E-state index contributed by atoms with van der Waals surface area (Å²) >= 11 is 6.05. The Hall–Kier alpha value is -4.34. The summed E-state index contributed by atoms with van der Waals surface area (Å²) in [6.45, 7) is 1.85. The van der Waals surface area contributed by atoms with Crippen molar-refractivity contribution in [3.05, 3.63) is 118 Å². The van der Waals surface area contributed by atoms with E-state index in [2.05, 4.69) is 10.5 Å². The first-order chi connectivity index (χ1) is 19.2. The third kappa shape index (κ3) is 6.62. The number of sulfonamides is 1. The monoisotopic (exact) mass is 577 g/mol. The smallest absolute Gasteiger partial charge is 0.273 e. The van der Waals surface area contributed by atoms with Crippen LogP contribution in [0.2, 0.25) is 5.02 Å². The van der Waals surface area contributed by atoms with Crippen molar-refractivity contribution in [2.45, 2.75) is 18.4 Å². The first-order valence-corrected chi connectivity index (χ1v) is 14.0. The average molecular weight is 578 g/mol. The number of aryl methyl sites for hydroxylation is 1. The third-order valence-corrected chi connectivity index (χ3v) is 8.10. The molecule has 0 aromatic heterocycles. The van der Waals surface area contributed by atoms with Crippen molar-refractivity contribution in [2.75, 3.05) is 18.5 Å². The Labute approximate surface area is 238 Å². The number of hydrogen-bond acceptors (Lipinski definition) is 6. The summed E-state index contributed by atoms with van der Waals surface area (Å²) < 4.78 is 39.6. The normalized spacial score (nSPS) is 11.3. The fraction of sp³-hybridized carbons (Fsp3) is 0.133. The van der Waals surface area contributed by atoms with E-state index in [-0.39, 0.29) is 22.7 Å². The van der Waals surface area contributed by atoms with Crippen molar-refractivity contribution in [1.82, 2.24) is 5.43 Å². The lowest BCUT2D eigenvalue weighted by atomic mass is 10.1. The molecule has 206 valence electrons. The maximum atomic E-state index is 13.9. The van der Waals surface area contributed by atoms with Gasteiger partial charge < -0.3 is 9.47 Å². The topological polar surface area (TPSA) is 97.3 Å². The number of nitrogens with one attached hydrogen (secondary N) is 1. The Morgan fingerprint density at radius 1 is 0.950 bits per heavy atom. The number of ether oxygens (including phenoxy) is 2. The summed E-state index contributed by atoms with van der Waals surface area (Å²) in [7, 11) is -0.991. The lowest BCUT2D eigenvalue weighted by Crippen LogP contribution is -2.33. The molecule has 40 heavy (non-hydrogen) atoms. The second-order valence-corrected chi connectivity index (χ2v) is 11.1. The van der Waals surface area contributed by atoms with Gasteiger partial charge in [-0.3, -0.25) is 9.10 Å². The second kappa shape index (κ2) is 12.7. The van der Waals surface area contributed by atoms with Gasteiger partial charge in [0.1, 0.15) is 11.5 Å². The Kier molecular flexibility index (Phi) is 9.08. The summed E-state index contributed by atoms with van der Waals surface area (Å²) in [5.41, 5.74) is 5.06. The van der Waals surface area contributed by atoms with Gasteiger partial charge >= 0.3 is 0 Å². The number of anilines is 1. The zero-order valence-corrected chi connectivity index (χ0v) is 23.7. The lowest BCUT2D eigenvalue weighted by Gasteiger charge is -2.26. The molecule has 0 spiro atoms. The van der Waals surface area contributed by atoms with Crippen LogP contribution >= 0.6 is 11.6 Å². The van der Waals surface area contributed by atoms with E-state index in [1.807, 2.05) is 6.92 Å². The van der Waals surface area contributed by atoms with Crippen LogP contribution in [0.3, 0.4) is 0 Å². The van der Waals surface area contributed by atoms with Gasteiger partial charge in [0.15, 0.2) is 0 Å². The molecule has 1 amide bonds. The summed E-state index contributed by atoms with van der Waals surface area (Å²) in [6, 6.07) is 25.1. The maximum Gasteiger partial charge on any atom is 0.273 e. The molecule has 0 radical (unpaired) electrons. The van der Waals surface area contributed by atoms with Gasteiger partial charge in [0.25, 0.3) is 15.9 Å². The van der Waals surface area contributed by atoms with Gasteiger partial charge in [-0.25, -0.2) is 13.8 Å². The molecule has 0 atom stereocenters. The van der Waals surface area contributed by atoms with E-state index in [4.69, 9.17) is 21.1 Å². The molecule has 4 aromatic rings. The van der Waals surface area contributed by atoms with Gasteiger partial charge in [0.2, 0.25) is 0 Å². The number of rotatable bonds is 10. The number of benzene rings is 4. The van der Waals surface area contributed by atoms with Gasteiger partial charge in [-0.1, -0.05) is 53.6 Å². The van der Waals surface area contributed by atoms with E-state index in [0.29, 0.717) is 27.6 Å². The molecule has 4 rings (SSSR count). The van der Waals surface area contributed by atoms with Crippen molar-refractivity contribution in [3.8, 4) is 11.5 Å². The second-order valence-electron chi connectivity index (χ2n) is 8.78. The molecule has 1 N–H and O–H groups in total.